The number of carboxylic acid groups (broad SMARTS) is 1. The third-order valence-electron chi connectivity index (χ3n) is 7.88. The molecule has 0 spiro atoms. The summed E-state index contributed by atoms with van der Waals surface area (Å²) >= 11 is 0. The van der Waals surface area contributed by atoms with E-state index in [0.29, 0.717) is 69.4 Å². The van der Waals surface area contributed by atoms with E-state index in [1.165, 1.54) is 7.11 Å². The SMILES string of the molecule is CCCCN(CCN)C(=O)CN1C[C@H](c2cc(OC)c3c(c2)OCO3)C(C(=O)O)[C@@H]1CCN1CCCC1=O. The number of fused-ring (bicyclic) bond motifs is 1. The van der Waals surface area contributed by atoms with Crippen molar-refractivity contribution < 1.29 is 33.7 Å². The molecule has 0 aliphatic carbocycles. The zero-order valence-electron chi connectivity index (χ0n) is 22.4. The molecule has 1 aromatic carbocycles. The van der Waals surface area contributed by atoms with E-state index in [4.69, 9.17) is 19.9 Å². The van der Waals surface area contributed by atoms with Crippen LogP contribution in [0.25, 0.3) is 0 Å². The molecule has 0 bridgehead atoms. The number of nitrogens with zero attached hydrogens (tertiary/aromatic N) is 3. The van der Waals surface area contributed by atoms with Crippen LogP contribution in [0.15, 0.2) is 12.1 Å². The molecule has 1 aromatic rings. The van der Waals surface area contributed by atoms with Gasteiger partial charge in [-0.2, -0.15) is 0 Å². The van der Waals surface area contributed by atoms with Crippen LogP contribution >= 0.6 is 0 Å². The Kier molecular flexibility index (Phi) is 9.32. The molecule has 2 saturated heterocycles. The Hall–Kier alpha value is -3.05. The topological polar surface area (TPSA) is 135 Å². The minimum Gasteiger partial charge on any atom is -0.493 e. The van der Waals surface area contributed by atoms with Crippen LogP contribution in [0.5, 0.6) is 17.2 Å². The van der Waals surface area contributed by atoms with Crippen LogP contribution < -0.4 is 19.9 Å². The van der Waals surface area contributed by atoms with Crippen molar-refractivity contribution in [2.75, 3.05) is 59.7 Å². The highest BCUT2D eigenvalue weighted by Gasteiger charge is 2.48. The van der Waals surface area contributed by atoms with Crippen molar-refractivity contribution in [3.63, 3.8) is 0 Å². The predicted octanol–water partition coefficient (Wildman–Crippen LogP) is 1.49. The minimum absolute atomic E-state index is 0.0563. The maximum atomic E-state index is 13.4. The second-order valence-corrected chi connectivity index (χ2v) is 10.2. The standard InChI is InChI=1S/C27H40N4O7/c1-3-4-9-30(12-8-28)24(33)16-31-15-19(18-13-21(36-2)26-22(14-18)37-17-38-26)25(27(34)35)20(31)7-11-29-10-5-6-23(29)32/h13-14,19-20,25H,3-12,15-17,28H2,1-2H3,(H,34,35)/t19-,20+,25?/m1/s1. The summed E-state index contributed by atoms with van der Waals surface area (Å²) in [7, 11) is 1.54. The summed E-state index contributed by atoms with van der Waals surface area (Å²) in [5.41, 5.74) is 6.54. The fourth-order valence-electron chi connectivity index (χ4n) is 5.92. The van der Waals surface area contributed by atoms with E-state index in [2.05, 4.69) is 6.92 Å². The first-order valence-corrected chi connectivity index (χ1v) is 13.6. The third kappa shape index (κ3) is 5.99. The Labute approximate surface area is 223 Å². The van der Waals surface area contributed by atoms with Gasteiger partial charge in [-0.15, -0.1) is 0 Å². The Morgan fingerprint density at radius 1 is 1.26 bits per heavy atom. The van der Waals surface area contributed by atoms with Crippen molar-refractivity contribution in [1.82, 2.24) is 14.7 Å². The van der Waals surface area contributed by atoms with Crippen LogP contribution in [0.2, 0.25) is 0 Å². The molecule has 2 amide bonds. The molecule has 1 unspecified atom stereocenters. The van der Waals surface area contributed by atoms with Crippen molar-refractivity contribution in [2.24, 2.45) is 11.7 Å². The number of unbranched alkanes of at least 4 members (excludes halogenated alkanes) is 1. The largest absolute Gasteiger partial charge is 0.493 e. The van der Waals surface area contributed by atoms with Crippen molar-refractivity contribution in [3.8, 4) is 17.2 Å². The summed E-state index contributed by atoms with van der Waals surface area (Å²) in [6, 6.07) is 3.21. The van der Waals surface area contributed by atoms with E-state index < -0.39 is 23.8 Å². The van der Waals surface area contributed by atoms with Gasteiger partial charge in [0, 0.05) is 57.6 Å². The van der Waals surface area contributed by atoms with E-state index in [9.17, 15) is 19.5 Å². The van der Waals surface area contributed by atoms with Gasteiger partial charge < -0.3 is 34.9 Å². The van der Waals surface area contributed by atoms with Gasteiger partial charge >= 0.3 is 5.97 Å². The number of amides is 2. The molecule has 4 rings (SSSR count). The first-order valence-electron chi connectivity index (χ1n) is 13.6. The summed E-state index contributed by atoms with van der Waals surface area (Å²) < 4.78 is 16.6. The van der Waals surface area contributed by atoms with Gasteiger partial charge in [0.15, 0.2) is 11.5 Å². The third-order valence-corrected chi connectivity index (χ3v) is 7.88. The summed E-state index contributed by atoms with van der Waals surface area (Å²) in [5, 5.41) is 10.4. The normalized spacial score (nSPS) is 22.8. The summed E-state index contributed by atoms with van der Waals surface area (Å²) in [4.78, 5) is 44.0. The van der Waals surface area contributed by atoms with Gasteiger partial charge in [0.2, 0.25) is 24.4 Å². The molecule has 0 radical (unpaired) electrons. The van der Waals surface area contributed by atoms with Crippen LogP contribution in [-0.4, -0.2) is 103 Å². The Balaban J connectivity index is 1.62. The molecule has 3 aliphatic rings. The minimum atomic E-state index is -0.927. The van der Waals surface area contributed by atoms with Gasteiger partial charge in [-0.3, -0.25) is 19.3 Å². The van der Waals surface area contributed by atoms with Crippen LogP contribution in [0.3, 0.4) is 0 Å². The molecule has 0 saturated carbocycles. The molecule has 0 aromatic heterocycles. The van der Waals surface area contributed by atoms with Crippen LogP contribution in [0.1, 0.15) is 50.5 Å². The molecular formula is C27H40N4O7. The maximum absolute atomic E-state index is 13.4. The number of benzene rings is 1. The second kappa shape index (κ2) is 12.7. The first kappa shape index (κ1) is 28.0. The van der Waals surface area contributed by atoms with Crippen molar-refractivity contribution in [2.45, 2.75) is 51.0 Å². The lowest BCUT2D eigenvalue weighted by molar-refractivity contribution is -0.144. The average molecular weight is 533 g/mol. The highest BCUT2D eigenvalue weighted by Crippen LogP contribution is 2.47. The van der Waals surface area contributed by atoms with Gasteiger partial charge in [-0.25, -0.2) is 0 Å². The number of carboxylic acids is 1. The molecule has 3 N–H and O–H groups in total. The highest BCUT2D eigenvalue weighted by atomic mass is 16.7. The summed E-state index contributed by atoms with van der Waals surface area (Å²) in [5.74, 6) is -0.546. The highest BCUT2D eigenvalue weighted by molar-refractivity contribution is 5.79. The molecule has 11 nitrogen and oxygen atoms in total. The fourth-order valence-corrected chi connectivity index (χ4v) is 5.92. The zero-order chi connectivity index (χ0) is 27.2. The maximum Gasteiger partial charge on any atom is 0.308 e. The molecule has 38 heavy (non-hydrogen) atoms. The van der Waals surface area contributed by atoms with Gasteiger partial charge in [-0.1, -0.05) is 13.3 Å². The fraction of sp³-hybridized carbons (Fsp3) is 0.667. The Bertz CT molecular complexity index is 1020. The number of methoxy groups -OCH3 is 1. The Morgan fingerprint density at radius 3 is 2.74 bits per heavy atom. The lowest BCUT2D eigenvalue weighted by Crippen LogP contribution is -2.46. The molecular weight excluding hydrogens is 492 g/mol. The van der Waals surface area contributed by atoms with E-state index in [1.54, 1.807) is 9.80 Å². The number of carbonyl (C=O) groups excluding carboxylic acids is 2. The van der Waals surface area contributed by atoms with Crippen molar-refractivity contribution in [3.05, 3.63) is 17.7 Å². The van der Waals surface area contributed by atoms with Crippen LogP contribution in [0, 0.1) is 5.92 Å². The zero-order valence-corrected chi connectivity index (χ0v) is 22.4. The molecule has 3 heterocycles. The number of rotatable bonds is 13. The average Bonchev–Trinajstić information content (AvgIpc) is 3.63. The van der Waals surface area contributed by atoms with Crippen LogP contribution in [0.4, 0.5) is 0 Å². The van der Waals surface area contributed by atoms with Gasteiger partial charge in [-0.05, 0) is 37.0 Å². The number of aliphatic carboxylic acids is 1. The molecule has 11 heteroatoms. The first-order chi connectivity index (χ1) is 18.4. The molecule has 3 atom stereocenters. The van der Waals surface area contributed by atoms with Gasteiger partial charge in [0.1, 0.15) is 0 Å². The van der Waals surface area contributed by atoms with Crippen molar-refractivity contribution >= 4 is 17.8 Å². The smallest absolute Gasteiger partial charge is 0.308 e. The molecule has 2 fully saturated rings. The quantitative estimate of drug-likeness (QED) is 0.387. The van der Waals surface area contributed by atoms with E-state index in [1.807, 2.05) is 17.0 Å². The number of ether oxygens (including phenoxy) is 3. The number of hydrogen-bond donors (Lipinski definition) is 2. The summed E-state index contributed by atoms with van der Waals surface area (Å²) in [6.45, 7) is 5.24. The number of carbonyl (C=O) groups is 3. The van der Waals surface area contributed by atoms with E-state index in [0.717, 1.165) is 24.8 Å². The van der Waals surface area contributed by atoms with Gasteiger partial charge in [0.25, 0.3) is 0 Å². The monoisotopic (exact) mass is 532 g/mol. The lowest BCUT2D eigenvalue weighted by atomic mass is 9.84. The number of likely N-dealkylation sites (tertiary alicyclic amines) is 2. The van der Waals surface area contributed by atoms with Crippen molar-refractivity contribution in [1.29, 1.82) is 0 Å². The van der Waals surface area contributed by atoms with Crippen LogP contribution in [-0.2, 0) is 14.4 Å². The lowest BCUT2D eigenvalue weighted by Gasteiger charge is -2.30. The molecule has 3 aliphatic heterocycles. The van der Waals surface area contributed by atoms with Gasteiger partial charge in [0.05, 0.1) is 19.6 Å². The summed E-state index contributed by atoms with van der Waals surface area (Å²) in [6.07, 6.45) is 3.66. The second-order valence-electron chi connectivity index (χ2n) is 10.2. The molecule has 210 valence electrons. The number of nitrogens with two attached hydrogens (primary N) is 1. The van der Waals surface area contributed by atoms with E-state index >= 15 is 0 Å². The number of hydrogen-bond acceptors (Lipinski definition) is 8. The predicted molar refractivity (Wildman–Crippen MR) is 139 cm³/mol. The van der Waals surface area contributed by atoms with E-state index in [-0.39, 0.29) is 25.2 Å². The Morgan fingerprint density at radius 2 is 2.08 bits per heavy atom.